The highest BCUT2D eigenvalue weighted by atomic mass is 79.9. The van der Waals surface area contributed by atoms with E-state index in [1.807, 2.05) is 0 Å². The highest BCUT2D eigenvalue weighted by Gasteiger charge is 2.15. The summed E-state index contributed by atoms with van der Waals surface area (Å²) in [7, 11) is 1.43. The highest BCUT2D eigenvalue weighted by Crippen LogP contribution is 2.34. The van der Waals surface area contributed by atoms with E-state index in [-0.39, 0.29) is 35.8 Å². The lowest BCUT2D eigenvalue weighted by molar-refractivity contribution is 0.0982. The van der Waals surface area contributed by atoms with Gasteiger partial charge >= 0.3 is 0 Å². The number of carbonyl (C=O) groups excluding carboxylic acids is 1. The number of hydrogen-bond donors (Lipinski definition) is 2. The molecule has 0 unspecified atom stereocenters. The van der Waals surface area contributed by atoms with Gasteiger partial charge in [-0.05, 0) is 18.7 Å². The van der Waals surface area contributed by atoms with Crippen LogP contribution in [0.2, 0.25) is 0 Å². The van der Waals surface area contributed by atoms with Gasteiger partial charge < -0.3 is 15.6 Å². The Morgan fingerprint density at radius 3 is 2.80 bits per heavy atom. The van der Waals surface area contributed by atoms with Crippen molar-refractivity contribution in [3.05, 3.63) is 22.2 Å². The lowest BCUT2D eigenvalue weighted by atomic mass is 10.1. The molecule has 4 nitrogen and oxygen atoms in total. The van der Waals surface area contributed by atoms with Gasteiger partial charge in [0.1, 0.15) is 0 Å². The van der Waals surface area contributed by atoms with E-state index in [2.05, 4.69) is 15.9 Å². The van der Waals surface area contributed by atoms with Crippen LogP contribution in [-0.2, 0) is 0 Å². The van der Waals surface area contributed by atoms with Crippen LogP contribution in [0.25, 0.3) is 0 Å². The fraction of sp³-hybridized carbons (Fsp3) is 0.300. The molecule has 0 atom stereocenters. The molecule has 3 N–H and O–H groups in total. The fourth-order valence-corrected chi connectivity index (χ4v) is 1.64. The van der Waals surface area contributed by atoms with Crippen LogP contribution in [0.1, 0.15) is 16.8 Å². The smallest absolute Gasteiger partial charge is 0.168 e. The number of aromatic hydroxyl groups is 1. The second-order valence-corrected chi connectivity index (χ2v) is 3.88. The molecule has 0 fully saturated rings. The number of nitrogens with two attached hydrogens (primary N) is 1. The van der Waals surface area contributed by atoms with Crippen molar-refractivity contribution in [3.8, 4) is 11.5 Å². The minimum atomic E-state index is -0.199. The van der Waals surface area contributed by atoms with E-state index in [1.54, 1.807) is 12.1 Å². The molecule has 15 heavy (non-hydrogen) atoms. The van der Waals surface area contributed by atoms with E-state index in [4.69, 9.17) is 10.5 Å². The maximum Gasteiger partial charge on any atom is 0.168 e. The molecular weight excluding hydrogens is 262 g/mol. The first-order chi connectivity index (χ1) is 7.10. The third kappa shape index (κ3) is 2.70. The quantitative estimate of drug-likeness (QED) is 0.819. The lowest BCUT2D eigenvalue weighted by Gasteiger charge is -2.08. The summed E-state index contributed by atoms with van der Waals surface area (Å²) < 4.78 is 5.61. The molecule has 0 aliphatic carbocycles. The zero-order valence-corrected chi connectivity index (χ0v) is 9.87. The van der Waals surface area contributed by atoms with Crippen molar-refractivity contribution in [2.45, 2.75) is 6.42 Å². The van der Waals surface area contributed by atoms with E-state index < -0.39 is 0 Å². The molecule has 5 heteroatoms. The molecule has 1 aromatic carbocycles. The van der Waals surface area contributed by atoms with Gasteiger partial charge in [0, 0.05) is 10.9 Å². The molecule has 0 saturated heterocycles. The van der Waals surface area contributed by atoms with Crippen LogP contribution in [-0.4, -0.2) is 24.5 Å². The number of rotatable bonds is 4. The van der Waals surface area contributed by atoms with E-state index >= 15 is 0 Å². The predicted octanol–water partition coefficient (Wildman–Crippen LogP) is 1.69. The number of phenolic OH excluding ortho intramolecular Hbond substituents is 1. The minimum Gasteiger partial charge on any atom is -0.504 e. The van der Waals surface area contributed by atoms with Gasteiger partial charge in [-0.2, -0.15) is 0 Å². The van der Waals surface area contributed by atoms with Gasteiger partial charge in [-0.3, -0.25) is 4.79 Å². The van der Waals surface area contributed by atoms with E-state index in [0.29, 0.717) is 4.47 Å². The van der Waals surface area contributed by atoms with Gasteiger partial charge in [0.2, 0.25) is 0 Å². The SMILES string of the molecule is COc1cc(Br)cc(C(=O)CCN)c1O. The lowest BCUT2D eigenvalue weighted by Crippen LogP contribution is -2.08. The van der Waals surface area contributed by atoms with Gasteiger partial charge in [-0.1, -0.05) is 15.9 Å². The number of halogens is 1. The van der Waals surface area contributed by atoms with E-state index in [0.717, 1.165) is 0 Å². The zero-order valence-electron chi connectivity index (χ0n) is 8.29. The van der Waals surface area contributed by atoms with Crippen molar-refractivity contribution < 1.29 is 14.6 Å². The molecule has 0 saturated carbocycles. The Labute approximate surface area is 96.2 Å². The molecule has 1 aromatic rings. The Bertz CT molecular complexity index is 379. The minimum absolute atomic E-state index is 0.140. The number of phenols is 1. The Balaban J connectivity index is 3.17. The molecule has 0 radical (unpaired) electrons. The molecule has 0 amide bonds. The second kappa shape index (κ2) is 5.14. The summed E-state index contributed by atoms with van der Waals surface area (Å²) >= 11 is 3.23. The number of carbonyl (C=O) groups is 1. The average Bonchev–Trinajstić information content (AvgIpc) is 2.21. The maximum absolute atomic E-state index is 11.6. The number of ether oxygens (including phenoxy) is 1. The normalized spacial score (nSPS) is 10.1. The van der Waals surface area contributed by atoms with Gasteiger partial charge in [-0.15, -0.1) is 0 Å². The Morgan fingerprint density at radius 2 is 2.27 bits per heavy atom. The van der Waals surface area contributed by atoms with Gasteiger partial charge in [0.15, 0.2) is 17.3 Å². The molecule has 0 aromatic heterocycles. The molecule has 82 valence electrons. The molecule has 1 rings (SSSR count). The monoisotopic (exact) mass is 273 g/mol. The molecule has 0 aliphatic rings. The second-order valence-electron chi connectivity index (χ2n) is 2.97. The van der Waals surface area contributed by atoms with Gasteiger partial charge in [0.25, 0.3) is 0 Å². The largest absolute Gasteiger partial charge is 0.504 e. The van der Waals surface area contributed by atoms with Crippen molar-refractivity contribution in [2.24, 2.45) is 5.73 Å². The van der Waals surface area contributed by atoms with Crippen LogP contribution in [0.15, 0.2) is 16.6 Å². The number of Topliss-reactive ketones (excluding diaryl/α,β-unsaturated/α-hetero) is 1. The summed E-state index contributed by atoms with van der Waals surface area (Å²) in [5, 5.41) is 9.70. The summed E-state index contributed by atoms with van der Waals surface area (Å²) in [6.45, 7) is 0.257. The Kier molecular flexibility index (Phi) is 4.11. The summed E-state index contributed by atoms with van der Waals surface area (Å²) in [5.41, 5.74) is 5.51. The third-order valence-corrected chi connectivity index (χ3v) is 2.39. The third-order valence-electron chi connectivity index (χ3n) is 1.93. The number of ketones is 1. The fourth-order valence-electron chi connectivity index (χ4n) is 1.21. The first-order valence-electron chi connectivity index (χ1n) is 4.40. The summed E-state index contributed by atoms with van der Waals surface area (Å²) in [6, 6.07) is 3.14. The van der Waals surface area contributed by atoms with Gasteiger partial charge in [-0.25, -0.2) is 0 Å². The maximum atomic E-state index is 11.6. The number of hydrogen-bond acceptors (Lipinski definition) is 4. The van der Waals surface area contributed by atoms with E-state index in [1.165, 1.54) is 7.11 Å². The summed E-state index contributed by atoms with van der Waals surface area (Å²) in [5.74, 6) is -0.0708. The molecule has 0 heterocycles. The van der Waals surface area contributed by atoms with Crippen molar-refractivity contribution in [1.82, 2.24) is 0 Å². The Morgan fingerprint density at radius 1 is 1.60 bits per heavy atom. The molecule has 0 aliphatic heterocycles. The summed E-state index contributed by atoms with van der Waals surface area (Å²) in [4.78, 5) is 11.6. The average molecular weight is 274 g/mol. The topological polar surface area (TPSA) is 72.5 Å². The van der Waals surface area contributed by atoms with Crippen molar-refractivity contribution in [2.75, 3.05) is 13.7 Å². The predicted molar refractivity (Wildman–Crippen MR) is 60.4 cm³/mol. The van der Waals surface area contributed by atoms with Crippen molar-refractivity contribution >= 4 is 21.7 Å². The molecule has 0 bridgehead atoms. The Hall–Kier alpha value is -1.07. The summed E-state index contributed by atoms with van der Waals surface area (Å²) in [6.07, 6.45) is 0.202. The number of methoxy groups -OCH3 is 1. The first kappa shape index (κ1) is 12.0. The van der Waals surface area contributed by atoms with Crippen LogP contribution < -0.4 is 10.5 Å². The highest BCUT2D eigenvalue weighted by molar-refractivity contribution is 9.10. The van der Waals surface area contributed by atoms with Crippen LogP contribution in [0.3, 0.4) is 0 Å². The van der Waals surface area contributed by atoms with Crippen LogP contribution in [0.5, 0.6) is 11.5 Å². The van der Waals surface area contributed by atoms with E-state index in [9.17, 15) is 9.90 Å². The molecule has 0 spiro atoms. The van der Waals surface area contributed by atoms with Crippen LogP contribution in [0, 0.1) is 0 Å². The van der Waals surface area contributed by atoms with Crippen molar-refractivity contribution in [1.29, 1.82) is 0 Å². The van der Waals surface area contributed by atoms with Gasteiger partial charge in [0.05, 0.1) is 12.7 Å². The van der Waals surface area contributed by atoms with Crippen LogP contribution >= 0.6 is 15.9 Å². The van der Waals surface area contributed by atoms with Crippen molar-refractivity contribution in [3.63, 3.8) is 0 Å². The molecular formula is C10H12BrNO3. The number of benzene rings is 1. The zero-order chi connectivity index (χ0) is 11.4. The first-order valence-corrected chi connectivity index (χ1v) is 5.19. The standard InChI is InChI=1S/C10H12BrNO3/c1-15-9-5-6(11)4-7(10(9)14)8(13)2-3-12/h4-5,14H,2-3,12H2,1H3. The van der Waals surface area contributed by atoms with Crippen LogP contribution in [0.4, 0.5) is 0 Å².